The number of imidazole rings is 1. The molecule has 0 radical (unpaired) electrons. The van der Waals surface area contributed by atoms with Crippen LogP contribution in [0.4, 0.5) is 5.69 Å². The van der Waals surface area contributed by atoms with E-state index in [1.165, 1.54) is 16.9 Å². The van der Waals surface area contributed by atoms with E-state index in [1.54, 1.807) is 11.6 Å². The third kappa shape index (κ3) is 4.41. The van der Waals surface area contributed by atoms with Gasteiger partial charge >= 0.3 is 0 Å². The van der Waals surface area contributed by atoms with Gasteiger partial charge in [-0.3, -0.25) is 4.79 Å². The second-order valence-electron chi connectivity index (χ2n) is 7.08. The number of carbonyl (C=O) groups is 1. The number of amides is 1. The van der Waals surface area contributed by atoms with E-state index in [0.29, 0.717) is 23.7 Å². The van der Waals surface area contributed by atoms with Crippen LogP contribution in [0.1, 0.15) is 27.4 Å². The summed E-state index contributed by atoms with van der Waals surface area (Å²) < 4.78 is 7.65. The Hall–Kier alpha value is -3.45. The van der Waals surface area contributed by atoms with E-state index < -0.39 is 0 Å². The van der Waals surface area contributed by atoms with Gasteiger partial charge < -0.3 is 14.6 Å². The first-order chi connectivity index (χ1) is 14.5. The molecule has 7 heteroatoms. The van der Waals surface area contributed by atoms with E-state index in [0.717, 1.165) is 22.0 Å². The molecule has 0 saturated heterocycles. The maximum Gasteiger partial charge on any atom is 0.275 e. The number of aryl methyl sites for hydroxylation is 3. The number of benzene rings is 2. The fourth-order valence-electron chi connectivity index (χ4n) is 3.07. The molecular formula is C23H22N4O2S. The van der Waals surface area contributed by atoms with Crippen molar-refractivity contribution in [2.45, 2.75) is 20.5 Å². The van der Waals surface area contributed by atoms with Crippen LogP contribution in [-0.2, 0) is 13.7 Å². The highest BCUT2D eigenvalue weighted by atomic mass is 32.1. The maximum atomic E-state index is 12.6. The second kappa shape index (κ2) is 8.51. The Morgan fingerprint density at radius 1 is 1.17 bits per heavy atom. The average Bonchev–Trinajstić information content (AvgIpc) is 3.37. The standard InChI is InChI=1S/C23H22N4O2S/c1-15-4-9-19(16(2)12-15)23-26-20(14-30-23)22(28)25-17-5-7-18(8-6-17)29-13-21-24-10-11-27(21)3/h4-12,14H,13H2,1-3H3,(H,25,28). The molecule has 0 aliphatic carbocycles. The molecule has 0 aliphatic rings. The molecule has 0 spiro atoms. The van der Waals surface area contributed by atoms with Crippen LogP contribution >= 0.6 is 11.3 Å². The van der Waals surface area contributed by atoms with Crippen molar-refractivity contribution < 1.29 is 9.53 Å². The van der Waals surface area contributed by atoms with Gasteiger partial charge in [-0.05, 0) is 43.7 Å². The van der Waals surface area contributed by atoms with Crippen molar-refractivity contribution in [1.29, 1.82) is 0 Å². The molecule has 0 atom stereocenters. The number of carbonyl (C=O) groups excluding carboxylic acids is 1. The van der Waals surface area contributed by atoms with Crippen LogP contribution in [0.3, 0.4) is 0 Å². The Kier molecular flexibility index (Phi) is 5.63. The Balaban J connectivity index is 1.39. The Morgan fingerprint density at radius 2 is 1.97 bits per heavy atom. The van der Waals surface area contributed by atoms with E-state index >= 15 is 0 Å². The number of rotatable bonds is 6. The lowest BCUT2D eigenvalue weighted by Gasteiger charge is -2.08. The summed E-state index contributed by atoms with van der Waals surface area (Å²) in [6, 6.07) is 13.5. The van der Waals surface area contributed by atoms with E-state index in [2.05, 4.69) is 47.3 Å². The minimum absolute atomic E-state index is 0.232. The van der Waals surface area contributed by atoms with Crippen molar-refractivity contribution in [1.82, 2.24) is 14.5 Å². The lowest BCUT2D eigenvalue weighted by Crippen LogP contribution is -2.12. The van der Waals surface area contributed by atoms with Crippen LogP contribution in [0, 0.1) is 13.8 Å². The normalized spacial score (nSPS) is 10.8. The molecule has 6 nitrogen and oxygen atoms in total. The predicted octanol–water partition coefficient (Wildman–Crippen LogP) is 4.99. The van der Waals surface area contributed by atoms with Crippen molar-refractivity contribution in [2.24, 2.45) is 7.05 Å². The van der Waals surface area contributed by atoms with Crippen LogP contribution < -0.4 is 10.1 Å². The number of nitrogens with zero attached hydrogens (tertiary/aromatic N) is 3. The number of hydrogen-bond acceptors (Lipinski definition) is 5. The van der Waals surface area contributed by atoms with E-state index in [-0.39, 0.29) is 5.91 Å². The van der Waals surface area contributed by atoms with Gasteiger partial charge in [0.1, 0.15) is 28.9 Å². The summed E-state index contributed by atoms with van der Waals surface area (Å²) >= 11 is 1.47. The van der Waals surface area contributed by atoms with Gasteiger partial charge in [-0.25, -0.2) is 9.97 Å². The molecule has 2 heterocycles. The van der Waals surface area contributed by atoms with Crippen molar-refractivity contribution >= 4 is 22.9 Å². The Labute approximate surface area is 179 Å². The smallest absolute Gasteiger partial charge is 0.275 e. The van der Waals surface area contributed by atoms with E-state index in [9.17, 15) is 4.79 Å². The molecule has 0 saturated carbocycles. The predicted molar refractivity (Wildman–Crippen MR) is 119 cm³/mol. The molecule has 2 aromatic heterocycles. The van der Waals surface area contributed by atoms with Crippen molar-refractivity contribution in [2.75, 3.05) is 5.32 Å². The molecule has 0 bridgehead atoms. The molecular weight excluding hydrogens is 396 g/mol. The van der Waals surface area contributed by atoms with Crippen molar-refractivity contribution in [3.63, 3.8) is 0 Å². The first-order valence-corrected chi connectivity index (χ1v) is 10.4. The first-order valence-electron chi connectivity index (χ1n) is 9.53. The summed E-state index contributed by atoms with van der Waals surface area (Å²) in [6.07, 6.45) is 3.61. The van der Waals surface area contributed by atoms with Crippen LogP contribution in [-0.4, -0.2) is 20.4 Å². The van der Waals surface area contributed by atoms with Crippen molar-refractivity contribution in [3.05, 3.63) is 82.9 Å². The number of aromatic nitrogens is 3. The third-order valence-electron chi connectivity index (χ3n) is 4.75. The lowest BCUT2D eigenvalue weighted by atomic mass is 10.1. The van der Waals surface area contributed by atoms with Gasteiger partial charge in [-0.15, -0.1) is 11.3 Å². The zero-order valence-electron chi connectivity index (χ0n) is 17.0. The van der Waals surface area contributed by atoms with Gasteiger partial charge in [-0.1, -0.05) is 23.8 Å². The summed E-state index contributed by atoms with van der Waals surface area (Å²) in [5.41, 5.74) is 4.50. The summed E-state index contributed by atoms with van der Waals surface area (Å²) in [5.74, 6) is 1.32. The van der Waals surface area contributed by atoms with Gasteiger partial charge in [-0.2, -0.15) is 0 Å². The number of hydrogen-bond donors (Lipinski definition) is 1. The van der Waals surface area contributed by atoms with Gasteiger partial charge in [0.25, 0.3) is 5.91 Å². The molecule has 0 aliphatic heterocycles. The summed E-state index contributed by atoms with van der Waals surface area (Å²) in [5, 5.41) is 5.52. The molecule has 1 N–H and O–H groups in total. The molecule has 0 unspecified atom stereocenters. The lowest BCUT2D eigenvalue weighted by molar-refractivity contribution is 0.102. The first kappa shape index (κ1) is 19.8. The van der Waals surface area contributed by atoms with E-state index in [4.69, 9.17) is 4.74 Å². The van der Waals surface area contributed by atoms with Crippen LogP contribution in [0.25, 0.3) is 10.6 Å². The highest BCUT2D eigenvalue weighted by molar-refractivity contribution is 7.13. The van der Waals surface area contributed by atoms with Gasteiger partial charge in [0.15, 0.2) is 0 Å². The molecule has 30 heavy (non-hydrogen) atoms. The zero-order valence-corrected chi connectivity index (χ0v) is 17.9. The van der Waals surface area contributed by atoms with Crippen LogP contribution in [0.15, 0.2) is 60.2 Å². The van der Waals surface area contributed by atoms with Crippen LogP contribution in [0.5, 0.6) is 5.75 Å². The number of ether oxygens (including phenoxy) is 1. The second-order valence-corrected chi connectivity index (χ2v) is 7.94. The van der Waals surface area contributed by atoms with Crippen molar-refractivity contribution in [3.8, 4) is 16.3 Å². The molecule has 152 valence electrons. The van der Waals surface area contributed by atoms with E-state index in [1.807, 2.05) is 42.1 Å². The van der Waals surface area contributed by atoms with Gasteiger partial charge in [0.2, 0.25) is 0 Å². The van der Waals surface area contributed by atoms with Crippen LogP contribution in [0.2, 0.25) is 0 Å². The SMILES string of the molecule is Cc1ccc(-c2nc(C(=O)Nc3ccc(OCc4nccn4C)cc3)cs2)c(C)c1. The molecule has 4 aromatic rings. The fourth-order valence-corrected chi connectivity index (χ4v) is 3.96. The topological polar surface area (TPSA) is 69.0 Å². The minimum atomic E-state index is -0.232. The highest BCUT2D eigenvalue weighted by Gasteiger charge is 2.13. The Morgan fingerprint density at radius 3 is 2.67 bits per heavy atom. The monoisotopic (exact) mass is 418 g/mol. The molecule has 4 rings (SSSR count). The minimum Gasteiger partial charge on any atom is -0.486 e. The summed E-state index contributed by atoms with van der Waals surface area (Å²) in [4.78, 5) is 21.3. The maximum absolute atomic E-state index is 12.6. The largest absolute Gasteiger partial charge is 0.486 e. The molecule has 2 aromatic carbocycles. The quantitative estimate of drug-likeness (QED) is 0.479. The number of anilines is 1. The molecule has 1 amide bonds. The average molecular weight is 419 g/mol. The van der Waals surface area contributed by atoms with Gasteiger partial charge in [0, 0.05) is 36.1 Å². The Bertz CT molecular complexity index is 1180. The van der Waals surface area contributed by atoms with Gasteiger partial charge in [0.05, 0.1) is 0 Å². The fraction of sp³-hybridized carbons (Fsp3) is 0.174. The summed E-state index contributed by atoms with van der Waals surface area (Å²) in [6.45, 7) is 4.50. The summed E-state index contributed by atoms with van der Waals surface area (Å²) in [7, 11) is 1.92. The zero-order chi connectivity index (χ0) is 21.1. The third-order valence-corrected chi connectivity index (χ3v) is 5.63. The highest BCUT2D eigenvalue weighted by Crippen LogP contribution is 2.28. The molecule has 0 fully saturated rings. The number of thiazole rings is 1. The number of nitrogens with one attached hydrogen (secondary N) is 1.